The summed E-state index contributed by atoms with van der Waals surface area (Å²) in [6.45, 7) is 4.00. The number of rotatable bonds is 6. The first kappa shape index (κ1) is 24.7. The number of hydrogen-bond acceptors (Lipinski definition) is 7. The van der Waals surface area contributed by atoms with Crippen LogP contribution in [0.25, 0.3) is 20.4 Å². The molecular weight excluding hydrogens is 528 g/mol. The van der Waals surface area contributed by atoms with Gasteiger partial charge in [0, 0.05) is 11.1 Å². The van der Waals surface area contributed by atoms with Crippen molar-refractivity contribution in [2.75, 3.05) is 10.6 Å². The van der Waals surface area contributed by atoms with E-state index in [2.05, 4.69) is 20.6 Å². The third-order valence-electron chi connectivity index (χ3n) is 6.15. The lowest BCUT2D eigenvalue weighted by molar-refractivity contribution is 0.101. The number of amides is 2. The number of carbonyl (C=O) groups is 2. The van der Waals surface area contributed by atoms with Gasteiger partial charge in [0.15, 0.2) is 10.3 Å². The minimum absolute atomic E-state index is 0.239. The third kappa shape index (κ3) is 5.22. The average Bonchev–Trinajstić information content (AvgIpc) is 3.54. The van der Waals surface area contributed by atoms with Gasteiger partial charge in [-0.05, 0) is 85.6 Å². The number of nitrogens with zero attached hydrogens (tertiary/aromatic N) is 2. The number of benzene rings is 4. The molecule has 39 heavy (non-hydrogen) atoms. The second kappa shape index (κ2) is 10.3. The Kier molecular flexibility index (Phi) is 6.52. The van der Waals surface area contributed by atoms with Crippen LogP contribution in [-0.4, -0.2) is 21.8 Å². The van der Waals surface area contributed by atoms with Crippen LogP contribution in [0.5, 0.6) is 11.5 Å². The molecule has 4 aromatic carbocycles. The van der Waals surface area contributed by atoms with Crippen molar-refractivity contribution in [1.29, 1.82) is 0 Å². The topological polar surface area (TPSA) is 93.2 Å². The van der Waals surface area contributed by atoms with Crippen molar-refractivity contribution in [3.05, 3.63) is 107 Å². The molecule has 0 saturated heterocycles. The fraction of sp³-hybridized carbons (Fsp3) is 0.0667. The Morgan fingerprint density at radius 3 is 1.41 bits per heavy atom. The third-order valence-corrected chi connectivity index (χ3v) is 8.02. The molecule has 0 aliphatic carbocycles. The van der Waals surface area contributed by atoms with Crippen LogP contribution < -0.4 is 15.4 Å². The summed E-state index contributed by atoms with van der Waals surface area (Å²) in [4.78, 5) is 34.5. The molecule has 0 saturated carbocycles. The van der Waals surface area contributed by atoms with Crippen LogP contribution in [0.1, 0.15) is 31.8 Å². The molecule has 2 aromatic heterocycles. The average molecular weight is 551 g/mol. The molecule has 0 aliphatic rings. The van der Waals surface area contributed by atoms with Crippen molar-refractivity contribution < 1.29 is 14.3 Å². The highest BCUT2D eigenvalue weighted by Gasteiger charge is 2.13. The minimum Gasteiger partial charge on any atom is -0.457 e. The second-order valence-corrected chi connectivity index (χ2v) is 11.0. The van der Waals surface area contributed by atoms with Gasteiger partial charge in [0.1, 0.15) is 11.5 Å². The number of aryl methyl sites for hydroxylation is 2. The van der Waals surface area contributed by atoms with Crippen molar-refractivity contribution >= 4 is 65.2 Å². The zero-order valence-corrected chi connectivity index (χ0v) is 22.7. The summed E-state index contributed by atoms with van der Waals surface area (Å²) < 4.78 is 7.97. The van der Waals surface area contributed by atoms with Crippen LogP contribution in [0, 0.1) is 13.8 Å². The minimum atomic E-state index is -0.239. The van der Waals surface area contributed by atoms with Gasteiger partial charge in [-0.25, -0.2) is 9.97 Å². The first-order valence-corrected chi connectivity index (χ1v) is 13.8. The first-order valence-electron chi connectivity index (χ1n) is 12.2. The molecule has 192 valence electrons. The van der Waals surface area contributed by atoms with E-state index in [0.29, 0.717) is 32.9 Å². The van der Waals surface area contributed by atoms with E-state index in [4.69, 9.17) is 4.74 Å². The molecule has 6 rings (SSSR count). The van der Waals surface area contributed by atoms with Gasteiger partial charge in [-0.2, -0.15) is 0 Å². The Labute approximate surface area is 232 Å². The summed E-state index contributed by atoms with van der Waals surface area (Å²) in [5, 5.41) is 6.87. The van der Waals surface area contributed by atoms with Crippen LogP contribution in [0.3, 0.4) is 0 Å². The van der Waals surface area contributed by atoms with Crippen molar-refractivity contribution in [2.24, 2.45) is 0 Å². The predicted octanol–water partition coefficient (Wildman–Crippen LogP) is 7.82. The smallest absolute Gasteiger partial charge is 0.257 e. The van der Waals surface area contributed by atoms with E-state index in [9.17, 15) is 9.59 Å². The van der Waals surface area contributed by atoms with E-state index in [1.807, 2.05) is 50.2 Å². The van der Waals surface area contributed by atoms with Gasteiger partial charge in [0.05, 0.1) is 20.4 Å². The van der Waals surface area contributed by atoms with Gasteiger partial charge >= 0.3 is 0 Å². The number of nitrogens with one attached hydrogen (secondary N) is 2. The number of thiazole rings is 2. The number of ether oxygens (including phenoxy) is 1. The maximum atomic E-state index is 12.7. The molecule has 0 radical (unpaired) electrons. The summed E-state index contributed by atoms with van der Waals surface area (Å²) in [5.74, 6) is 0.669. The Morgan fingerprint density at radius 2 is 1.03 bits per heavy atom. The maximum absolute atomic E-state index is 12.7. The molecule has 0 fully saturated rings. The molecule has 6 aromatic rings. The van der Waals surface area contributed by atoms with Crippen LogP contribution in [-0.2, 0) is 0 Å². The fourth-order valence-corrected chi connectivity index (χ4v) is 5.98. The van der Waals surface area contributed by atoms with Gasteiger partial charge in [0.25, 0.3) is 11.8 Å². The van der Waals surface area contributed by atoms with Gasteiger partial charge in [0.2, 0.25) is 0 Å². The molecular formula is C30H22N4O3S2. The molecule has 0 bridgehead atoms. The largest absolute Gasteiger partial charge is 0.457 e. The molecule has 7 nitrogen and oxygen atoms in total. The summed E-state index contributed by atoms with van der Waals surface area (Å²) in [7, 11) is 0. The quantitative estimate of drug-likeness (QED) is 0.221. The lowest BCUT2D eigenvalue weighted by Gasteiger charge is -2.08. The number of hydrogen-bond donors (Lipinski definition) is 2. The SMILES string of the molecule is Cc1cccc2sc(NC(=O)c3ccc(Oc4ccc(C(=O)Nc5nc6c(C)cccc6s5)cc4)cc3)nc12. The number of carbonyl (C=O) groups excluding carboxylic acids is 2. The number of anilines is 2. The lowest BCUT2D eigenvalue weighted by atomic mass is 10.2. The first-order chi connectivity index (χ1) is 18.9. The summed E-state index contributed by atoms with van der Waals surface area (Å²) >= 11 is 2.89. The normalized spacial score (nSPS) is 11.0. The van der Waals surface area contributed by atoms with Crippen molar-refractivity contribution in [2.45, 2.75) is 13.8 Å². The Morgan fingerprint density at radius 1 is 0.615 bits per heavy atom. The number of fused-ring (bicyclic) bond motifs is 2. The van der Waals surface area contributed by atoms with Gasteiger partial charge in [-0.3, -0.25) is 20.2 Å². The standard InChI is InChI=1S/C30H22N4O3S2/c1-17-5-3-7-23-25(17)31-29(38-23)33-27(35)19-9-13-21(14-10-19)37-22-15-11-20(12-16-22)28(36)34-30-32-26-18(2)6-4-8-24(26)39-30/h3-16H,1-2H3,(H,31,33,35)(H,32,34,36). The predicted molar refractivity (Wildman–Crippen MR) is 158 cm³/mol. The highest BCUT2D eigenvalue weighted by molar-refractivity contribution is 7.22. The van der Waals surface area contributed by atoms with Crippen molar-refractivity contribution in [3.8, 4) is 11.5 Å². The monoisotopic (exact) mass is 550 g/mol. The van der Waals surface area contributed by atoms with Crippen LogP contribution in [0.2, 0.25) is 0 Å². The Bertz CT molecular complexity index is 1710. The van der Waals surface area contributed by atoms with Crippen molar-refractivity contribution in [3.63, 3.8) is 0 Å². The zero-order valence-electron chi connectivity index (χ0n) is 21.0. The van der Waals surface area contributed by atoms with Crippen molar-refractivity contribution in [1.82, 2.24) is 9.97 Å². The van der Waals surface area contributed by atoms with Gasteiger partial charge < -0.3 is 4.74 Å². The van der Waals surface area contributed by atoms with Gasteiger partial charge in [-0.1, -0.05) is 46.9 Å². The molecule has 2 heterocycles. The molecule has 2 amide bonds. The van der Waals surface area contributed by atoms with Crippen LogP contribution >= 0.6 is 22.7 Å². The molecule has 0 spiro atoms. The molecule has 0 aliphatic heterocycles. The van der Waals surface area contributed by atoms with Gasteiger partial charge in [-0.15, -0.1) is 0 Å². The fourth-order valence-electron chi connectivity index (χ4n) is 4.10. The van der Waals surface area contributed by atoms with E-state index in [-0.39, 0.29) is 11.8 Å². The maximum Gasteiger partial charge on any atom is 0.257 e. The summed E-state index contributed by atoms with van der Waals surface area (Å²) in [5.41, 5.74) is 4.94. The molecule has 0 unspecified atom stereocenters. The highest BCUT2D eigenvalue weighted by atomic mass is 32.1. The van der Waals surface area contributed by atoms with E-state index >= 15 is 0 Å². The Balaban J connectivity index is 1.08. The molecule has 0 atom stereocenters. The van der Waals surface area contributed by atoms with E-state index in [1.165, 1.54) is 22.7 Å². The molecule has 2 N–H and O–H groups in total. The van der Waals surface area contributed by atoms with E-state index in [1.54, 1.807) is 48.5 Å². The summed E-state index contributed by atoms with van der Waals surface area (Å²) in [6, 6.07) is 25.7. The highest BCUT2D eigenvalue weighted by Crippen LogP contribution is 2.30. The number of aromatic nitrogens is 2. The lowest BCUT2D eigenvalue weighted by Crippen LogP contribution is -2.11. The van der Waals surface area contributed by atoms with Crippen LogP contribution in [0.4, 0.5) is 10.3 Å². The second-order valence-electron chi connectivity index (χ2n) is 8.94. The Hall–Kier alpha value is -4.60. The van der Waals surface area contributed by atoms with Crippen LogP contribution in [0.15, 0.2) is 84.9 Å². The number of para-hydroxylation sites is 2. The van der Waals surface area contributed by atoms with E-state index < -0.39 is 0 Å². The molecule has 9 heteroatoms. The van der Waals surface area contributed by atoms with E-state index in [0.717, 1.165) is 31.6 Å². The summed E-state index contributed by atoms with van der Waals surface area (Å²) in [6.07, 6.45) is 0. The zero-order chi connectivity index (χ0) is 26.9.